The second-order valence-corrected chi connectivity index (χ2v) is 18.0. The summed E-state index contributed by atoms with van der Waals surface area (Å²) in [7, 11) is 0. The molecule has 1 unspecified atom stereocenters. The Morgan fingerprint density at radius 3 is 1.11 bits per heavy atom. The maximum atomic E-state index is 13.9. The molecule has 378 valence electrons. The van der Waals surface area contributed by atoms with Gasteiger partial charge in [-0.25, -0.2) is 4.79 Å². The molecule has 2 saturated heterocycles. The van der Waals surface area contributed by atoms with Crippen LogP contribution in [0.25, 0.3) is 0 Å². The topological polar surface area (TPSA) is 130 Å². The molecule has 7 aromatic carbocycles. The van der Waals surface area contributed by atoms with Crippen LogP contribution in [0.5, 0.6) is 0 Å². The average molecular weight is 987 g/mol. The van der Waals surface area contributed by atoms with Gasteiger partial charge in [-0.3, -0.25) is 0 Å². The summed E-state index contributed by atoms with van der Waals surface area (Å²) in [5, 5.41) is 11.9. The van der Waals surface area contributed by atoms with E-state index in [1.165, 1.54) is 0 Å². The molecule has 10 atom stereocenters. The Labute approximate surface area is 427 Å². The lowest BCUT2D eigenvalue weighted by Crippen LogP contribution is -2.66. The number of esters is 1. The number of carbonyl (C=O) groups is 1. The van der Waals surface area contributed by atoms with Crippen molar-refractivity contribution < 1.29 is 57.3 Å². The van der Waals surface area contributed by atoms with Gasteiger partial charge in [0.25, 0.3) is 0 Å². The van der Waals surface area contributed by atoms with Gasteiger partial charge < -0.3 is 52.5 Å². The van der Waals surface area contributed by atoms with Gasteiger partial charge in [-0.1, -0.05) is 200 Å². The van der Waals surface area contributed by atoms with Crippen molar-refractivity contribution in [1.29, 1.82) is 0 Å². The van der Waals surface area contributed by atoms with E-state index in [9.17, 15) is 9.90 Å². The van der Waals surface area contributed by atoms with Crippen molar-refractivity contribution in [2.24, 2.45) is 0 Å². The summed E-state index contributed by atoms with van der Waals surface area (Å²) in [4.78, 5) is 13.9. The highest BCUT2D eigenvalue weighted by Crippen LogP contribution is 2.36. The Morgan fingerprint density at radius 1 is 0.370 bits per heavy atom. The molecule has 73 heavy (non-hydrogen) atoms. The molecule has 0 radical (unpaired) electrons. The van der Waals surface area contributed by atoms with Gasteiger partial charge in [-0.15, -0.1) is 0 Å². The summed E-state index contributed by atoms with van der Waals surface area (Å²) in [6.45, 7) is 1.26. The molecule has 12 nitrogen and oxygen atoms in total. The molecule has 1 N–H and O–H groups in total. The van der Waals surface area contributed by atoms with Gasteiger partial charge >= 0.3 is 5.97 Å². The minimum atomic E-state index is -1.65. The zero-order valence-electron chi connectivity index (χ0n) is 40.6. The predicted octanol–water partition coefficient (Wildman–Crippen LogP) is 9.81. The van der Waals surface area contributed by atoms with E-state index in [1.54, 1.807) is 30.3 Å². The Bertz CT molecular complexity index is 2630. The number of carbonyl (C=O) groups excluding carboxylic acids is 1. The van der Waals surface area contributed by atoms with E-state index in [2.05, 4.69) is 0 Å². The molecule has 9 rings (SSSR count). The largest absolute Gasteiger partial charge is 0.450 e. The first-order valence-electron chi connectivity index (χ1n) is 24.8. The number of aliphatic hydroxyl groups is 1. The normalized spacial score (nSPS) is 23.9. The third kappa shape index (κ3) is 14.9. The molecular weight excluding hydrogens is 925 g/mol. The minimum Gasteiger partial charge on any atom is -0.450 e. The number of ether oxygens (including phenoxy) is 10. The fourth-order valence-corrected chi connectivity index (χ4v) is 8.92. The zero-order chi connectivity index (χ0) is 49.9. The van der Waals surface area contributed by atoms with Crippen molar-refractivity contribution >= 4 is 5.97 Å². The Hall–Kier alpha value is -6.39. The van der Waals surface area contributed by atoms with E-state index in [1.807, 2.05) is 182 Å². The SMILES string of the molecule is O=C(O[C@H]1C(O)O[C@H](COCc2ccccc2)[C@H](O[C@H]2O[C@H](COCc3ccccc3)[C@H](OCc3ccccc3)[C@H](OCc3ccccc3)[C@H]2OCc2ccccc2)[C@@H]1OCc1ccccc1)c1ccccc1. The van der Waals surface area contributed by atoms with Gasteiger partial charge in [0.1, 0.15) is 42.7 Å². The molecule has 0 aromatic heterocycles. The molecule has 0 aliphatic carbocycles. The van der Waals surface area contributed by atoms with E-state index < -0.39 is 67.4 Å². The molecule has 12 heteroatoms. The maximum Gasteiger partial charge on any atom is 0.338 e. The lowest BCUT2D eigenvalue weighted by Gasteiger charge is -2.49. The van der Waals surface area contributed by atoms with Crippen molar-refractivity contribution in [3.63, 3.8) is 0 Å². The number of benzene rings is 7. The summed E-state index contributed by atoms with van der Waals surface area (Å²) in [6.07, 6.45) is -10.8. The summed E-state index contributed by atoms with van der Waals surface area (Å²) in [5.74, 6) is -0.680. The Morgan fingerprint density at radius 2 is 0.699 bits per heavy atom. The smallest absolute Gasteiger partial charge is 0.338 e. The first-order valence-corrected chi connectivity index (χ1v) is 24.8. The average Bonchev–Trinajstić information content (AvgIpc) is 3.44. The van der Waals surface area contributed by atoms with Crippen LogP contribution in [0.1, 0.15) is 43.7 Å². The standard InChI is InChI=1S/C61H62O12/c62-59(50-34-20-7-21-35-50)72-57-56(68-40-48-30-16-5-17-31-48)54(52(70-60(57)63)43-65-37-45-24-10-2-11-25-45)73-61-58(69-41-49-32-18-6-19-33-49)55(67-39-47-28-14-4-15-29-47)53(66-38-46-26-12-3-13-27-46)51(71-61)42-64-36-44-22-8-1-9-23-44/h1-35,51-58,60-61,63H,36-43H2/t51-,52-,53+,54+,55+,56+,57-,58-,60?,61-/m1/s1. The van der Waals surface area contributed by atoms with Crippen LogP contribution in [0.3, 0.4) is 0 Å². The monoisotopic (exact) mass is 986 g/mol. The van der Waals surface area contributed by atoms with Crippen molar-refractivity contribution in [3.05, 3.63) is 251 Å². The summed E-state index contributed by atoms with van der Waals surface area (Å²) in [5.41, 5.74) is 5.85. The van der Waals surface area contributed by atoms with Crippen LogP contribution in [-0.2, 0) is 87.0 Å². The molecule has 2 aliphatic heterocycles. The second kappa shape index (κ2) is 27.1. The Balaban J connectivity index is 1.11. The van der Waals surface area contributed by atoms with E-state index >= 15 is 0 Å². The summed E-state index contributed by atoms with van der Waals surface area (Å²) >= 11 is 0. The fraction of sp³-hybridized carbons (Fsp3) is 0.295. The number of aliphatic hydroxyl groups excluding tert-OH is 1. The van der Waals surface area contributed by atoms with Crippen LogP contribution >= 0.6 is 0 Å². The first-order chi connectivity index (χ1) is 36.0. The zero-order valence-corrected chi connectivity index (χ0v) is 40.6. The number of hydrogen-bond donors (Lipinski definition) is 1. The highest BCUT2D eigenvalue weighted by molar-refractivity contribution is 5.89. The van der Waals surface area contributed by atoms with Crippen LogP contribution in [0, 0.1) is 0 Å². The first kappa shape index (κ1) is 51.5. The molecule has 2 heterocycles. The number of hydrogen-bond acceptors (Lipinski definition) is 12. The van der Waals surface area contributed by atoms with Gasteiger partial charge in [0, 0.05) is 0 Å². The quantitative estimate of drug-likeness (QED) is 0.0579. The maximum absolute atomic E-state index is 13.9. The van der Waals surface area contributed by atoms with Gasteiger partial charge in [0.2, 0.25) is 0 Å². The van der Waals surface area contributed by atoms with Crippen molar-refractivity contribution in [3.8, 4) is 0 Å². The lowest BCUT2D eigenvalue weighted by molar-refractivity contribution is -0.371. The highest BCUT2D eigenvalue weighted by atomic mass is 16.8. The summed E-state index contributed by atoms with van der Waals surface area (Å²) in [6, 6.07) is 67.5. The molecular formula is C61H62O12. The number of rotatable bonds is 24. The van der Waals surface area contributed by atoms with Crippen LogP contribution in [0.2, 0.25) is 0 Å². The van der Waals surface area contributed by atoms with Crippen LogP contribution in [-0.4, -0.2) is 85.7 Å². The van der Waals surface area contributed by atoms with E-state index in [0.717, 1.165) is 33.4 Å². The molecule has 0 bridgehead atoms. The van der Waals surface area contributed by atoms with E-state index in [-0.39, 0.29) is 51.8 Å². The molecule has 2 aliphatic rings. The van der Waals surface area contributed by atoms with Gasteiger partial charge in [-0.2, -0.15) is 0 Å². The van der Waals surface area contributed by atoms with Crippen molar-refractivity contribution in [2.75, 3.05) is 13.2 Å². The highest BCUT2D eigenvalue weighted by Gasteiger charge is 2.55. The van der Waals surface area contributed by atoms with Crippen LogP contribution in [0.4, 0.5) is 0 Å². The van der Waals surface area contributed by atoms with Crippen LogP contribution in [0.15, 0.2) is 212 Å². The van der Waals surface area contributed by atoms with Gasteiger partial charge in [0.15, 0.2) is 18.7 Å². The lowest BCUT2D eigenvalue weighted by atomic mass is 9.95. The Kier molecular flexibility index (Phi) is 19.1. The molecule has 7 aromatic rings. The molecule has 2 fully saturated rings. The van der Waals surface area contributed by atoms with E-state index in [0.29, 0.717) is 6.61 Å². The second-order valence-electron chi connectivity index (χ2n) is 18.0. The third-order valence-corrected chi connectivity index (χ3v) is 12.7. The fourth-order valence-electron chi connectivity index (χ4n) is 8.92. The van der Waals surface area contributed by atoms with Gasteiger partial charge in [-0.05, 0) is 45.5 Å². The van der Waals surface area contributed by atoms with Crippen LogP contribution < -0.4 is 0 Å². The molecule has 0 spiro atoms. The van der Waals surface area contributed by atoms with Gasteiger partial charge in [0.05, 0.1) is 58.4 Å². The van der Waals surface area contributed by atoms with Crippen molar-refractivity contribution in [1.82, 2.24) is 0 Å². The third-order valence-electron chi connectivity index (χ3n) is 12.7. The van der Waals surface area contributed by atoms with Crippen molar-refractivity contribution in [2.45, 2.75) is 101 Å². The molecule has 0 saturated carbocycles. The minimum absolute atomic E-state index is 0.0518. The predicted molar refractivity (Wildman–Crippen MR) is 272 cm³/mol. The summed E-state index contributed by atoms with van der Waals surface area (Å²) < 4.78 is 67.7. The van der Waals surface area contributed by atoms with E-state index in [4.69, 9.17) is 47.4 Å². The molecule has 0 amide bonds.